The highest BCUT2D eigenvalue weighted by atomic mass is 35.5. The van der Waals surface area contributed by atoms with E-state index in [2.05, 4.69) is 4.90 Å². The average molecular weight is 317 g/mol. The normalized spacial score (nSPS) is 22.1. The minimum Gasteiger partial charge on any atom is -0.301 e. The van der Waals surface area contributed by atoms with Crippen molar-refractivity contribution in [3.63, 3.8) is 0 Å². The van der Waals surface area contributed by atoms with Gasteiger partial charge in [0.2, 0.25) is 10.0 Å². The number of benzene rings is 1. The van der Waals surface area contributed by atoms with Crippen molar-refractivity contribution in [2.24, 2.45) is 0 Å². The number of aryl methyl sites for hydroxylation is 1. The van der Waals surface area contributed by atoms with Crippen LogP contribution in [0.25, 0.3) is 0 Å². The van der Waals surface area contributed by atoms with Crippen LogP contribution in [-0.4, -0.2) is 50.3 Å². The molecule has 1 heterocycles. The second-order valence-corrected chi connectivity index (χ2v) is 7.60. The Bertz CT molecular complexity index is 589. The Labute approximate surface area is 126 Å². The van der Waals surface area contributed by atoms with E-state index in [1.54, 1.807) is 10.4 Å². The van der Waals surface area contributed by atoms with E-state index in [0.29, 0.717) is 23.9 Å². The van der Waals surface area contributed by atoms with Crippen molar-refractivity contribution < 1.29 is 8.42 Å². The number of nitrogens with zero attached hydrogens (tertiary/aromatic N) is 2. The average Bonchev–Trinajstić information content (AvgIpc) is 2.42. The summed E-state index contributed by atoms with van der Waals surface area (Å²) in [6.07, 6.45) is 0. The van der Waals surface area contributed by atoms with Crippen molar-refractivity contribution >= 4 is 21.6 Å². The van der Waals surface area contributed by atoms with Gasteiger partial charge >= 0.3 is 0 Å². The van der Waals surface area contributed by atoms with Gasteiger partial charge in [0.15, 0.2) is 0 Å². The summed E-state index contributed by atoms with van der Waals surface area (Å²) in [4.78, 5) is 2.56. The van der Waals surface area contributed by atoms with E-state index in [0.717, 1.165) is 17.7 Å². The first-order valence-corrected chi connectivity index (χ1v) is 8.69. The van der Waals surface area contributed by atoms with Crippen LogP contribution in [0, 0.1) is 6.92 Å². The Morgan fingerprint density at radius 1 is 1.35 bits per heavy atom. The SMILES string of the molecule is Cc1ccc(CCl)cc1S(=O)(=O)N1CCN(C)C(C)C1. The molecule has 1 saturated heterocycles. The predicted molar refractivity (Wildman–Crippen MR) is 81.6 cm³/mol. The molecule has 2 rings (SSSR count). The summed E-state index contributed by atoms with van der Waals surface area (Å²) < 4.78 is 27.2. The Balaban J connectivity index is 2.35. The smallest absolute Gasteiger partial charge is 0.243 e. The van der Waals surface area contributed by atoms with Crippen molar-refractivity contribution in [2.45, 2.75) is 30.7 Å². The molecular formula is C14H21ClN2O2S. The highest BCUT2D eigenvalue weighted by Gasteiger charge is 2.31. The van der Waals surface area contributed by atoms with Gasteiger partial charge in [-0.3, -0.25) is 0 Å². The number of hydrogen-bond acceptors (Lipinski definition) is 3. The van der Waals surface area contributed by atoms with Crippen molar-refractivity contribution in [3.05, 3.63) is 29.3 Å². The number of halogens is 1. The fourth-order valence-electron chi connectivity index (χ4n) is 2.38. The Hall–Kier alpha value is -0.620. The molecule has 6 heteroatoms. The number of piperazine rings is 1. The van der Waals surface area contributed by atoms with Crippen molar-refractivity contribution in [3.8, 4) is 0 Å². The first-order chi connectivity index (χ1) is 9.36. The highest BCUT2D eigenvalue weighted by Crippen LogP contribution is 2.24. The van der Waals surface area contributed by atoms with Gasteiger partial charge in [-0.25, -0.2) is 8.42 Å². The summed E-state index contributed by atoms with van der Waals surface area (Å²) in [5.74, 6) is 0.321. The van der Waals surface area contributed by atoms with Crippen LogP contribution in [0.5, 0.6) is 0 Å². The van der Waals surface area contributed by atoms with Crippen molar-refractivity contribution in [1.29, 1.82) is 0 Å². The number of hydrogen-bond donors (Lipinski definition) is 0. The minimum absolute atomic E-state index is 0.232. The van der Waals surface area contributed by atoms with Crippen LogP contribution in [0.1, 0.15) is 18.1 Å². The lowest BCUT2D eigenvalue weighted by atomic mass is 10.2. The monoisotopic (exact) mass is 316 g/mol. The zero-order chi connectivity index (χ0) is 14.9. The number of rotatable bonds is 3. The fourth-order valence-corrected chi connectivity index (χ4v) is 4.33. The van der Waals surface area contributed by atoms with Gasteiger partial charge in [-0.2, -0.15) is 4.31 Å². The zero-order valence-corrected chi connectivity index (χ0v) is 13.7. The minimum atomic E-state index is -3.43. The third kappa shape index (κ3) is 3.01. The van der Waals surface area contributed by atoms with E-state index in [-0.39, 0.29) is 6.04 Å². The molecule has 0 radical (unpaired) electrons. The summed E-state index contributed by atoms with van der Waals surface area (Å²) in [6, 6.07) is 5.62. The maximum absolute atomic E-state index is 12.8. The molecule has 1 aromatic rings. The molecule has 1 aromatic carbocycles. The van der Waals surface area contributed by atoms with E-state index in [4.69, 9.17) is 11.6 Å². The molecule has 1 atom stereocenters. The van der Waals surface area contributed by atoms with Gasteiger partial charge < -0.3 is 4.90 Å². The Morgan fingerprint density at radius 2 is 2.05 bits per heavy atom. The van der Waals surface area contributed by atoms with E-state index < -0.39 is 10.0 Å². The van der Waals surface area contributed by atoms with Crippen LogP contribution in [0.3, 0.4) is 0 Å². The molecule has 0 saturated carbocycles. The van der Waals surface area contributed by atoms with Gasteiger partial charge in [0.1, 0.15) is 0 Å². The second kappa shape index (κ2) is 6.02. The number of likely N-dealkylation sites (N-methyl/N-ethyl adjacent to an activating group) is 1. The molecule has 1 aliphatic rings. The summed E-state index contributed by atoms with van der Waals surface area (Å²) in [5.41, 5.74) is 1.60. The lowest BCUT2D eigenvalue weighted by Crippen LogP contribution is -2.51. The number of sulfonamides is 1. The topological polar surface area (TPSA) is 40.6 Å². The fraction of sp³-hybridized carbons (Fsp3) is 0.571. The summed E-state index contributed by atoms with van der Waals surface area (Å²) >= 11 is 5.81. The maximum Gasteiger partial charge on any atom is 0.243 e. The van der Waals surface area contributed by atoms with E-state index in [9.17, 15) is 8.42 Å². The lowest BCUT2D eigenvalue weighted by Gasteiger charge is -2.37. The number of alkyl halides is 1. The molecule has 1 aliphatic heterocycles. The van der Waals surface area contributed by atoms with Gasteiger partial charge in [-0.15, -0.1) is 11.6 Å². The van der Waals surface area contributed by atoms with Gasteiger partial charge in [-0.05, 0) is 38.1 Å². The van der Waals surface area contributed by atoms with Crippen LogP contribution in [0.15, 0.2) is 23.1 Å². The molecule has 20 heavy (non-hydrogen) atoms. The molecular weight excluding hydrogens is 296 g/mol. The Kier molecular flexibility index (Phi) is 4.74. The second-order valence-electron chi connectivity index (χ2n) is 5.43. The first kappa shape index (κ1) is 15.8. The maximum atomic E-state index is 12.8. The molecule has 0 spiro atoms. The summed E-state index contributed by atoms with van der Waals surface area (Å²) in [5, 5.41) is 0. The molecule has 4 nitrogen and oxygen atoms in total. The van der Waals surface area contributed by atoms with Crippen LogP contribution in [0.4, 0.5) is 0 Å². The summed E-state index contributed by atoms with van der Waals surface area (Å²) in [7, 11) is -1.41. The quantitative estimate of drug-likeness (QED) is 0.801. The molecule has 0 amide bonds. The molecule has 1 unspecified atom stereocenters. The van der Waals surface area contributed by atoms with Gasteiger partial charge in [0.05, 0.1) is 4.90 Å². The molecule has 0 bridgehead atoms. The molecule has 0 aromatic heterocycles. The van der Waals surface area contributed by atoms with Crippen LogP contribution in [-0.2, 0) is 15.9 Å². The third-order valence-corrected chi connectivity index (χ3v) is 6.26. The highest BCUT2D eigenvalue weighted by molar-refractivity contribution is 7.89. The van der Waals surface area contributed by atoms with Crippen LogP contribution >= 0.6 is 11.6 Å². The van der Waals surface area contributed by atoms with Crippen LogP contribution < -0.4 is 0 Å². The first-order valence-electron chi connectivity index (χ1n) is 6.72. The zero-order valence-electron chi connectivity index (χ0n) is 12.1. The molecule has 112 valence electrons. The van der Waals surface area contributed by atoms with E-state index in [1.165, 1.54) is 0 Å². The largest absolute Gasteiger partial charge is 0.301 e. The molecule has 1 fully saturated rings. The van der Waals surface area contributed by atoms with Gasteiger partial charge in [0.25, 0.3) is 0 Å². The lowest BCUT2D eigenvalue weighted by molar-refractivity contribution is 0.159. The van der Waals surface area contributed by atoms with Gasteiger partial charge in [0, 0.05) is 31.6 Å². The van der Waals surface area contributed by atoms with Gasteiger partial charge in [-0.1, -0.05) is 12.1 Å². The van der Waals surface area contributed by atoms with Crippen molar-refractivity contribution in [1.82, 2.24) is 9.21 Å². The molecule has 0 N–H and O–H groups in total. The Morgan fingerprint density at radius 3 is 2.65 bits per heavy atom. The van der Waals surface area contributed by atoms with Crippen molar-refractivity contribution in [2.75, 3.05) is 26.7 Å². The third-order valence-electron chi connectivity index (χ3n) is 3.95. The summed E-state index contributed by atoms with van der Waals surface area (Å²) in [6.45, 7) is 5.69. The van der Waals surface area contributed by atoms with Crippen LogP contribution in [0.2, 0.25) is 0 Å². The van der Waals surface area contributed by atoms with E-state index in [1.807, 2.05) is 33.0 Å². The standard InChI is InChI=1S/C14H21ClN2O2S/c1-11-4-5-13(9-15)8-14(11)20(18,19)17-7-6-16(3)12(2)10-17/h4-5,8,12H,6-7,9-10H2,1-3H3. The van der Waals surface area contributed by atoms with E-state index >= 15 is 0 Å². The predicted octanol–water partition coefficient (Wildman–Crippen LogP) is 2.06. The molecule has 0 aliphatic carbocycles.